The van der Waals surface area contributed by atoms with Crippen LogP contribution in [-0.4, -0.2) is 29.1 Å². The molecule has 31 heavy (non-hydrogen) atoms. The Labute approximate surface area is 179 Å². The van der Waals surface area contributed by atoms with Gasteiger partial charge in [-0.15, -0.1) is 0 Å². The molecule has 2 aliphatic heterocycles. The van der Waals surface area contributed by atoms with Crippen molar-refractivity contribution in [1.29, 1.82) is 0 Å². The van der Waals surface area contributed by atoms with E-state index in [-0.39, 0.29) is 5.82 Å². The van der Waals surface area contributed by atoms with Gasteiger partial charge in [0.15, 0.2) is 5.94 Å². The molecule has 7 heteroatoms. The average molecular weight is 418 g/mol. The van der Waals surface area contributed by atoms with E-state index in [1.54, 1.807) is 21.7 Å². The summed E-state index contributed by atoms with van der Waals surface area (Å²) in [6.45, 7) is 0.725. The zero-order valence-electron chi connectivity index (χ0n) is 17.3. The molecule has 0 radical (unpaired) electrons. The fourth-order valence-electron chi connectivity index (χ4n) is 4.40. The van der Waals surface area contributed by atoms with Gasteiger partial charge in [-0.1, -0.05) is 31.0 Å². The number of methoxy groups -OCH3 is 1. The molecule has 0 aliphatic carbocycles. The molecule has 3 aromatic rings. The average Bonchev–Trinajstić information content (AvgIpc) is 3.16. The van der Waals surface area contributed by atoms with Crippen LogP contribution in [-0.2, 0) is 11.2 Å². The van der Waals surface area contributed by atoms with Gasteiger partial charge in [0.2, 0.25) is 5.82 Å². The maximum Gasteiger partial charge on any atom is 0.221 e. The van der Waals surface area contributed by atoms with Crippen LogP contribution in [0, 0.1) is 5.82 Å². The minimum atomic E-state index is -0.452. The lowest BCUT2D eigenvalue weighted by Crippen LogP contribution is -2.42. The highest BCUT2D eigenvalue weighted by atomic mass is 19.1. The number of rotatable bonds is 2. The van der Waals surface area contributed by atoms with E-state index in [9.17, 15) is 4.79 Å². The van der Waals surface area contributed by atoms with Crippen molar-refractivity contribution in [2.24, 2.45) is 0 Å². The van der Waals surface area contributed by atoms with Crippen molar-refractivity contribution in [2.45, 2.75) is 32.1 Å². The van der Waals surface area contributed by atoms with Gasteiger partial charge in [-0.3, -0.25) is 9.58 Å². The summed E-state index contributed by atoms with van der Waals surface area (Å²) >= 11 is 0. The largest absolute Gasteiger partial charge is 0.497 e. The first-order valence-electron chi connectivity index (χ1n) is 10.6. The Morgan fingerprint density at radius 3 is 2.74 bits per heavy atom. The Bertz CT molecular complexity index is 1200. The van der Waals surface area contributed by atoms with Crippen LogP contribution in [0.25, 0.3) is 28.5 Å². The molecule has 0 unspecified atom stereocenters. The van der Waals surface area contributed by atoms with Crippen LogP contribution in [0.2, 0.25) is 0 Å². The van der Waals surface area contributed by atoms with E-state index >= 15 is 4.39 Å². The maximum atomic E-state index is 15.1. The van der Waals surface area contributed by atoms with Crippen LogP contribution < -0.4 is 15.2 Å². The van der Waals surface area contributed by atoms with Crippen molar-refractivity contribution in [2.75, 3.05) is 18.7 Å². The van der Waals surface area contributed by atoms with E-state index in [0.29, 0.717) is 17.1 Å². The van der Waals surface area contributed by atoms with Gasteiger partial charge in [-0.25, -0.2) is 19.6 Å². The van der Waals surface area contributed by atoms with Crippen molar-refractivity contribution < 1.29 is 13.9 Å². The monoisotopic (exact) mass is 418 g/mol. The number of aryl methyl sites for hydroxylation is 1. The molecule has 0 spiro atoms. The summed E-state index contributed by atoms with van der Waals surface area (Å²) in [6, 6.07) is 12.6. The summed E-state index contributed by atoms with van der Waals surface area (Å²) in [5.41, 5.74) is 7.21. The van der Waals surface area contributed by atoms with Crippen LogP contribution in [0.5, 0.6) is 5.75 Å². The number of anilines is 1. The van der Waals surface area contributed by atoms with E-state index < -0.39 is 5.82 Å². The van der Waals surface area contributed by atoms with Crippen LogP contribution in [0.1, 0.15) is 31.4 Å². The van der Waals surface area contributed by atoms with Gasteiger partial charge >= 0.3 is 0 Å². The summed E-state index contributed by atoms with van der Waals surface area (Å²) in [5, 5.41) is 1.76. The topological polar surface area (TPSA) is 59.4 Å². The Kier molecular flexibility index (Phi) is 5.06. The van der Waals surface area contributed by atoms with Gasteiger partial charge in [0.25, 0.3) is 0 Å². The van der Waals surface area contributed by atoms with Gasteiger partial charge in [0.05, 0.1) is 29.7 Å². The number of ether oxygens (including phenoxy) is 1. The Morgan fingerprint density at radius 2 is 1.94 bits per heavy atom. The van der Waals surface area contributed by atoms with Crippen LogP contribution in [0.4, 0.5) is 10.1 Å². The zero-order chi connectivity index (χ0) is 21.4. The molecule has 2 aliphatic rings. The quantitative estimate of drug-likeness (QED) is 0.624. The first kappa shape index (κ1) is 19.5. The molecule has 0 saturated heterocycles. The second kappa shape index (κ2) is 8.02. The summed E-state index contributed by atoms with van der Waals surface area (Å²) in [7, 11) is 1.50. The molecule has 3 heterocycles. The SMILES string of the molecule is COc1ccc(-c2nc3c4n2C(=C=O)N(NCCCCCC3)c2ccccc2-4)c(F)c1. The van der Waals surface area contributed by atoms with E-state index in [4.69, 9.17) is 9.72 Å². The molecule has 0 amide bonds. The number of carbonyl (C=O) groups excluding carboxylic acids is 1. The summed E-state index contributed by atoms with van der Waals surface area (Å²) in [6.07, 6.45) is 4.94. The van der Waals surface area contributed by atoms with Crippen molar-refractivity contribution in [3.8, 4) is 28.4 Å². The van der Waals surface area contributed by atoms with E-state index in [2.05, 4.69) is 11.4 Å². The van der Waals surface area contributed by atoms with Crippen molar-refractivity contribution in [3.63, 3.8) is 0 Å². The van der Waals surface area contributed by atoms with Crippen LogP contribution >= 0.6 is 0 Å². The Balaban J connectivity index is 1.81. The number of hydrogen-bond donors (Lipinski definition) is 1. The summed E-state index contributed by atoms with van der Waals surface area (Å²) in [4.78, 5) is 17.1. The first-order valence-corrected chi connectivity index (χ1v) is 10.6. The van der Waals surface area contributed by atoms with Crippen LogP contribution in [0.15, 0.2) is 42.5 Å². The highest BCUT2D eigenvalue weighted by Gasteiger charge is 2.34. The zero-order valence-corrected chi connectivity index (χ0v) is 17.3. The van der Waals surface area contributed by atoms with Gasteiger partial charge in [0.1, 0.15) is 17.4 Å². The van der Waals surface area contributed by atoms with Gasteiger partial charge in [-0.05, 0) is 37.5 Å². The van der Waals surface area contributed by atoms with Gasteiger partial charge < -0.3 is 4.74 Å². The molecule has 5 rings (SSSR count). The van der Waals surface area contributed by atoms with E-state index in [0.717, 1.165) is 61.3 Å². The lowest BCUT2D eigenvalue weighted by molar-refractivity contribution is 0.411. The number of aromatic nitrogens is 2. The number of para-hydroxylation sites is 1. The fraction of sp³-hybridized carbons (Fsp3) is 0.292. The lowest BCUT2D eigenvalue weighted by Gasteiger charge is -2.34. The fourth-order valence-corrected chi connectivity index (χ4v) is 4.40. The third-order valence-corrected chi connectivity index (χ3v) is 5.89. The number of imidazole rings is 1. The maximum absolute atomic E-state index is 15.1. The normalized spacial score (nSPS) is 15.7. The smallest absolute Gasteiger partial charge is 0.221 e. The summed E-state index contributed by atoms with van der Waals surface area (Å²) < 4.78 is 22.0. The summed E-state index contributed by atoms with van der Waals surface area (Å²) in [5.74, 6) is 2.72. The molecule has 6 nitrogen and oxygen atoms in total. The van der Waals surface area contributed by atoms with Crippen molar-refractivity contribution in [3.05, 3.63) is 54.0 Å². The molecule has 0 atom stereocenters. The molecule has 1 aromatic heterocycles. The molecular formula is C24H23FN4O2. The minimum Gasteiger partial charge on any atom is -0.497 e. The van der Waals surface area contributed by atoms with Crippen molar-refractivity contribution in [1.82, 2.24) is 15.0 Å². The molecule has 2 aromatic carbocycles. The number of fused-ring (bicyclic) bond motifs is 3. The number of halogens is 1. The Morgan fingerprint density at radius 1 is 1.10 bits per heavy atom. The molecule has 0 saturated carbocycles. The standard InChI is InChI=1S/C24H23FN4O2/c1-31-16-11-12-17(19(25)14-16)24-27-20-9-4-2-3-7-13-26-29-21-10-6-5-8-18(21)23(20)28(24)22(29)15-30/h5-6,8,10-12,14,26H,2-4,7,9,13H2,1H3. The molecule has 1 N–H and O–H groups in total. The second-order valence-electron chi connectivity index (χ2n) is 7.76. The number of hydrogen-bond acceptors (Lipinski definition) is 5. The third kappa shape index (κ3) is 3.23. The van der Waals surface area contributed by atoms with Crippen LogP contribution in [0.3, 0.4) is 0 Å². The highest BCUT2D eigenvalue weighted by molar-refractivity contribution is 5.98. The molecule has 4 bridgehead atoms. The molecule has 0 fully saturated rings. The lowest BCUT2D eigenvalue weighted by atomic mass is 10.0. The predicted octanol–water partition coefficient (Wildman–Crippen LogP) is 4.44. The highest BCUT2D eigenvalue weighted by Crippen LogP contribution is 2.44. The Hall–Kier alpha value is -3.41. The first-order chi connectivity index (χ1) is 15.2. The predicted molar refractivity (Wildman–Crippen MR) is 118 cm³/mol. The number of nitrogens with one attached hydrogen (secondary N) is 1. The third-order valence-electron chi connectivity index (χ3n) is 5.89. The van der Waals surface area contributed by atoms with Crippen molar-refractivity contribution >= 4 is 17.4 Å². The second-order valence-corrected chi connectivity index (χ2v) is 7.76. The van der Waals surface area contributed by atoms with E-state index in [1.165, 1.54) is 13.2 Å². The number of hydrazine groups is 1. The minimum absolute atomic E-state index is 0.262. The molecular weight excluding hydrogens is 395 g/mol. The number of nitrogens with zero attached hydrogens (tertiary/aromatic N) is 3. The van der Waals surface area contributed by atoms with E-state index in [1.807, 2.05) is 24.3 Å². The molecule has 158 valence electrons. The van der Waals surface area contributed by atoms with Gasteiger partial charge in [0, 0.05) is 18.2 Å². The van der Waals surface area contributed by atoms with Gasteiger partial charge in [-0.2, -0.15) is 0 Å². The number of benzene rings is 2.